The van der Waals surface area contributed by atoms with Gasteiger partial charge in [0.2, 0.25) is 0 Å². The van der Waals surface area contributed by atoms with Crippen molar-refractivity contribution in [3.8, 4) is 5.75 Å². The second-order valence-corrected chi connectivity index (χ2v) is 5.26. The maximum atomic E-state index is 13.2. The van der Waals surface area contributed by atoms with E-state index >= 15 is 0 Å². The zero-order chi connectivity index (χ0) is 14.7. The molecule has 0 heterocycles. The Morgan fingerprint density at radius 3 is 2.70 bits per heavy atom. The Balaban J connectivity index is 2.21. The van der Waals surface area contributed by atoms with Gasteiger partial charge in [0.1, 0.15) is 18.2 Å². The van der Waals surface area contributed by atoms with Crippen molar-refractivity contribution in [1.29, 1.82) is 0 Å². The summed E-state index contributed by atoms with van der Waals surface area (Å²) in [7, 11) is 0. The molecule has 0 aromatic heterocycles. The minimum atomic E-state index is -0.342. The summed E-state index contributed by atoms with van der Waals surface area (Å²) in [4.78, 5) is 0. The van der Waals surface area contributed by atoms with Crippen molar-refractivity contribution < 1.29 is 9.13 Å². The summed E-state index contributed by atoms with van der Waals surface area (Å²) in [6.45, 7) is 2.01. The molecule has 0 bridgehead atoms. The van der Waals surface area contributed by atoms with E-state index in [0.717, 1.165) is 5.56 Å². The van der Waals surface area contributed by atoms with E-state index in [2.05, 4.69) is 0 Å². The van der Waals surface area contributed by atoms with Gasteiger partial charge in [0.25, 0.3) is 0 Å². The highest BCUT2D eigenvalue weighted by Crippen LogP contribution is 2.29. The maximum Gasteiger partial charge on any atom is 0.124 e. The lowest BCUT2D eigenvalue weighted by Gasteiger charge is -2.15. The molecule has 5 heteroatoms. The Bertz CT molecular complexity index is 617. The molecular weight excluding hydrogens is 300 g/mol. The Labute approximate surface area is 127 Å². The molecule has 106 valence electrons. The third-order valence-electron chi connectivity index (χ3n) is 2.88. The van der Waals surface area contributed by atoms with E-state index in [9.17, 15) is 4.39 Å². The average Bonchev–Trinajstić information content (AvgIpc) is 2.41. The average molecular weight is 314 g/mol. The summed E-state index contributed by atoms with van der Waals surface area (Å²) in [5, 5.41) is 0.929. The van der Waals surface area contributed by atoms with Crippen LogP contribution in [0.2, 0.25) is 10.0 Å². The molecule has 0 aliphatic heterocycles. The van der Waals surface area contributed by atoms with E-state index in [1.54, 1.807) is 25.1 Å². The van der Waals surface area contributed by atoms with Crippen LogP contribution in [-0.2, 0) is 6.61 Å². The quantitative estimate of drug-likeness (QED) is 0.885. The molecule has 1 atom stereocenters. The fourth-order valence-electron chi connectivity index (χ4n) is 1.82. The zero-order valence-corrected chi connectivity index (χ0v) is 12.4. The maximum absolute atomic E-state index is 13.2. The first-order valence-corrected chi connectivity index (χ1v) is 6.85. The molecule has 2 N–H and O–H groups in total. The van der Waals surface area contributed by atoms with Crippen molar-refractivity contribution in [2.75, 3.05) is 0 Å². The number of nitrogens with two attached hydrogens (primary N) is 1. The first-order chi connectivity index (χ1) is 9.49. The summed E-state index contributed by atoms with van der Waals surface area (Å²) >= 11 is 12.0. The molecule has 2 nitrogen and oxygen atoms in total. The third kappa shape index (κ3) is 3.42. The van der Waals surface area contributed by atoms with Gasteiger partial charge in [-0.05, 0) is 31.2 Å². The Kier molecular flexibility index (Phi) is 4.86. The molecule has 0 saturated carbocycles. The largest absolute Gasteiger partial charge is 0.489 e. The van der Waals surface area contributed by atoms with Crippen molar-refractivity contribution in [2.24, 2.45) is 5.73 Å². The molecule has 0 aliphatic rings. The lowest BCUT2D eigenvalue weighted by molar-refractivity contribution is 0.301. The number of benzene rings is 2. The van der Waals surface area contributed by atoms with Gasteiger partial charge in [-0.25, -0.2) is 4.39 Å². The highest BCUT2D eigenvalue weighted by molar-refractivity contribution is 6.42. The van der Waals surface area contributed by atoms with E-state index < -0.39 is 0 Å². The van der Waals surface area contributed by atoms with Gasteiger partial charge >= 0.3 is 0 Å². The van der Waals surface area contributed by atoms with Crippen molar-refractivity contribution in [2.45, 2.75) is 19.6 Å². The minimum Gasteiger partial charge on any atom is -0.489 e. The van der Waals surface area contributed by atoms with Gasteiger partial charge < -0.3 is 10.5 Å². The van der Waals surface area contributed by atoms with Crippen LogP contribution in [-0.4, -0.2) is 0 Å². The summed E-state index contributed by atoms with van der Waals surface area (Å²) in [6.07, 6.45) is 0. The molecule has 0 amide bonds. The molecule has 0 spiro atoms. The van der Waals surface area contributed by atoms with Crippen LogP contribution < -0.4 is 10.5 Å². The smallest absolute Gasteiger partial charge is 0.124 e. The summed E-state index contributed by atoms with van der Waals surface area (Å²) in [5.41, 5.74) is 7.19. The summed E-state index contributed by atoms with van der Waals surface area (Å²) in [6, 6.07) is 9.27. The molecule has 0 aliphatic carbocycles. The molecule has 2 rings (SSSR count). The first-order valence-electron chi connectivity index (χ1n) is 6.09. The van der Waals surface area contributed by atoms with E-state index in [0.29, 0.717) is 21.4 Å². The number of hydrogen-bond acceptors (Lipinski definition) is 2. The normalized spacial score (nSPS) is 12.2. The highest BCUT2D eigenvalue weighted by atomic mass is 35.5. The van der Waals surface area contributed by atoms with Crippen molar-refractivity contribution in [3.05, 3.63) is 63.4 Å². The van der Waals surface area contributed by atoms with Crippen LogP contribution in [0.4, 0.5) is 4.39 Å². The van der Waals surface area contributed by atoms with E-state index in [4.69, 9.17) is 33.7 Å². The van der Waals surface area contributed by atoms with Gasteiger partial charge in [-0.15, -0.1) is 0 Å². The molecular formula is C15H14Cl2FNO. The monoisotopic (exact) mass is 313 g/mol. The van der Waals surface area contributed by atoms with Crippen LogP contribution >= 0.6 is 23.2 Å². The van der Waals surface area contributed by atoms with Gasteiger partial charge in [-0.3, -0.25) is 0 Å². The number of rotatable bonds is 4. The van der Waals surface area contributed by atoms with Gasteiger partial charge in [0, 0.05) is 17.2 Å². The van der Waals surface area contributed by atoms with Gasteiger partial charge in [-0.1, -0.05) is 35.3 Å². The van der Waals surface area contributed by atoms with Crippen LogP contribution in [0.3, 0.4) is 0 Å². The Hall–Kier alpha value is -1.29. The van der Waals surface area contributed by atoms with Crippen LogP contribution in [0.25, 0.3) is 0 Å². The molecule has 0 fully saturated rings. The topological polar surface area (TPSA) is 35.2 Å². The zero-order valence-electron chi connectivity index (χ0n) is 10.9. The third-order valence-corrected chi connectivity index (χ3v) is 3.74. The molecule has 0 unspecified atom stereocenters. The molecule has 20 heavy (non-hydrogen) atoms. The molecule has 2 aromatic rings. The standard InChI is InChI=1S/C15H14Cl2FNO/c1-9(19)12-7-11(18)5-6-14(12)20-8-10-3-2-4-13(16)15(10)17/h2-7,9H,8,19H2,1H3/t9-/m1/s1. The van der Waals surface area contributed by atoms with Crippen LogP contribution in [0.5, 0.6) is 5.75 Å². The second kappa shape index (κ2) is 6.44. The predicted octanol–water partition coefficient (Wildman–Crippen LogP) is 4.73. The second-order valence-electron chi connectivity index (χ2n) is 4.47. The highest BCUT2D eigenvalue weighted by Gasteiger charge is 2.11. The van der Waals surface area contributed by atoms with E-state index in [-0.39, 0.29) is 18.5 Å². The van der Waals surface area contributed by atoms with Gasteiger partial charge in [0.15, 0.2) is 0 Å². The van der Waals surface area contributed by atoms with Crippen LogP contribution in [0.1, 0.15) is 24.1 Å². The number of ether oxygens (including phenoxy) is 1. The van der Waals surface area contributed by atoms with Crippen LogP contribution in [0, 0.1) is 5.82 Å². The molecule has 0 radical (unpaired) electrons. The van der Waals surface area contributed by atoms with Crippen molar-refractivity contribution in [3.63, 3.8) is 0 Å². The van der Waals surface area contributed by atoms with E-state index in [1.807, 2.05) is 6.07 Å². The van der Waals surface area contributed by atoms with Gasteiger partial charge in [-0.2, -0.15) is 0 Å². The lowest BCUT2D eigenvalue weighted by atomic mass is 10.1. The first kappa shape index (κ1) is 15.1. The molecule has 0 saturated heterocycles. The van der Waals surface area contributed by atoms with E-state index in [1.165, 1.54) is 12.1 Å². The van der Waals surface area contributed by atoms with Gasteiger partial charge in [0.05, 0.1) is 10.0 Å². The van der Waals surface area contributed by atoms with Crippen LogP contribution in [0.15, 0.2) is 36.4 Å². The number of halogens is 3. The molecule has 2 aromatic carbocycles. The summed E-state index contributed by atoms with van der Waals surface area (Å²) in [5.74, 6) is 0.197. The number of hydrogen-bond donors (Lipinski definition) is 1. The minimum absolute atomic E-state index is 0.241. The lowest BCUT2D eigenvalue weighted by Crippen LogP contribution is -2.08. The SMILES string of the molecule is C[C@@H](N)c1cc(F)ccc1OCc1cccc(Cl)c1Cl. The fraction of sp³-hybridized carbons (Fsp3) is 0.200. The fourth-order valence-corrected chi connectivity index (χ4v) is 2.20. The van der Waals surface area contributed by atoms with Crippen molar-refractivity contribution >= 4 is 23.2 Å². The Morgan fingerprint density at radius 1 is 1.25 bits per heavy atom. The summed E-state index contributed by atoms with van der Waals surface area (Å²) < 4.78 is 18.9. The van der Waals surface area contributed by atoms with Crippen molar-refractivity contribution in [1.82, 2.24) is 0 Å². The Morgan fingerprint density at radius 2 is 2.00 bits per heavy atom. The predicted molar refractivity (Wildman–Crippen MR) is 79.8 cm³/mol.